The number of carbonyl (C=O) groups is 2. The molecule has 3 nitrogen and oxygen atoms in total. The van der Waals surface area contributed by atoms with Gasteiger partial charge < -0.3 is 5.11 Å². The predicted octanol–water partition coefficient (Wildman–Crippen LogP) is 1.91. The molecular weight excluding hydrogens is 422 g/mol. The molecule has 86 valence electrons. The van der Waals surface area contributed by atoms with E-state index in [9.17, 15) is 14.7 Å². The van der Waals surface area contributed by atoms with Crippen molar-refractivity contribution in [2.45, 2.75) is 40.1 Å². The fourth-order valence-corrected chi connectivity index (χ4v) is 2.90. The van der Waals surface area contributed by atoms with Crippen molar-refractivity contribution in [3.05, 3.63) is 0 Å². The van der Waals surface area contributed by atoms with E-state index in [1.54, 1.807) is 20.8 Å². The van der Waals surface area contributed by atoms with E-state index >= 15 is 0 Å². The molecule has 0 heterocycles. The van der Waals surface area contributed by atoms with Crippen LogP contribution in [0.2, 0.25) is 0 Å². The zero-order valence-electron chi connectivity index (χ0n) is 8.88. The van der Waals surface area contributed by atoms with Gasteiger partial charge in [-0.15, -0.1) is 0 Å². The van der Waals surface area contributed by atoms with Crippen LogP contribution < -0.4 is 0 Å². The van der Waals surface area contributed by atoms with Crippen LogP contribution in [0.1, 0.15) is 27.2 Å². The summed E-state index contributed by atoms with van der Waals surface area (Å²) in [6, 6.07) is 0. The number of halogens is 2. The largest absolute Gasteiger partial charge is 0.393 e. The van der Waals surface area contributed by atoms with Crippen LogP contribution in [0.3, 0.4) is 0 Å². The Bertz CT molecular complexity index is 308. The molecule has 0 aromatic carbocycles. The summed E-state index contributed by atoms with van der Waals surface area (Å²) >= 11 is 4.08. The average molecular weight is 436 g/mol. The minimum absolute atomic E-state index is 0.0189. The molecular formula is C10H14I2O3. The van der Waals surface area contributed by atoms with Crippen LogP contribution in [-0.4, -0.2) is 29.6 Å². The van der Waals surface area contributed by atoms with Crippen LogP contribution in [0.5, 0.6) is 0 Å². The first-order chi connectivity index (χ1) is 6.62. The summed E-state index contributed by atoms with van der Waals surface area (Å²) in [5.74, 6) is -0.512. The Balaban J connectivity index is 3.14. The summed E-state index contributed by atoms with van der Waals surface area (Å²) in [6.45, 7) is 5.13. The molecule has 1 aliphatic carbocycles. The smallest absolute Gasteiger partial charge is 0.156 e. The molecule has 0 aromatic heterocycles. The third-order valence-electron chi connectivity index (χ3n) is 3.19. The Morgan fingerprint density at radius 3 is 2.20 bits per heavy atom. The van der Waals surface area contributed by atoms with E-state index in [4.69, 9.17) is 0 Å². The van der Waals surface area contributed by atoms with Crippen molar-refractivity contribution in [3.8, 4) is 0 Å². The number of rotatable bonds is 1. The Morgan fingerprint density at radius 2 is 1.80 bits per heavy atom. The summed E-state index contributed by atoms with van der Waals surface area (Å²) < 4.78 is -1.41. The van der Waals surface area contributed by atoms with Crippen molar-refractivity contribution in [2.75, 3.05) is 0 Å². The fraction of sp³-hybridized carbons (Fsp3) is 0.800. The van der Waals surface area contributed by atoms with Gasteiger partial charge in [0.15, 0.2) is 11.6 Å². The third-order valence-corrected chi connectivity index (χ3v) is 7.52. The second kappa shape index (κ2) is 4.21. The van der Waals surface area contributed by atoms with Gasteiger partial charge in [0.05, 0.1) is 18.9 Å². The number of hydrogen-bond donors (Lipinski definition) is 1. The average Bonchev–Trinajstić information content (AvgIpc) is 2.09. The van der Waals surface area contributed by atoms with E-state index < -0.39 is 18.9 Å². The molecule has 0 amide bonds. The minimum atomic E-state index is -0.747. The number of Topliss-reactive ketones (excluding diaryl/α,β-unsaturated/α-hetero) is 2. The van der Waals surface area contributed by atoms with E-state index in [1.807, 2.05) is 45.2 Å². The van der Waals surface area contributed by atoms with Crippen molar-refractivity contribution in [1.82, 2.24) is 0 Å². The summed E-state index contributed by atoms with van der Waals surface area (Å²) in [5.41, 5.74) is 0. The zero-order valence-corrected chi connectivity index (χ0v) is 13.2. The summed E-state index contributed by atoms with van der Waals surface area (Å²) in [7, 11) is 0. The van der Waals surface area contributed by atoms with Gasteiger partial charge in [-0.25, -0.2) is 0 Å². The van der Waals surface area contributed by atoms with E-state index in [2.05, 4.69) is 0 Å². The maximum absolute atomic E-state index is 12.1. The summed E-state index contributed by atoms with van der Waals surface area (Å²) in [6.07, 6.45) is -0.586. The molecule has 0 saturated heterocycles. The molecule has 1 fully saturated rings. The number of carbonyl (C=O) groups excluding carboxylic acids is 2. The van der Waals surface area contributed by atoms with Gasteiger partial charge in [-0.2, -0.15) is 0 Å². The lowest BCUT2D eigenvalue weighted by atomic mass is 9.72. The van der Waals surface area contributed by atoms with Crippen molar-refractivity contribution in [1.29, 1.82) is 0 Å². The van der Waals surface area contributed by atoms with Gasteiger partial charge >= 0.3 is 0 Å². The number of aliphatic hydroxyl groups is 1. The number of alkyl halides is 2. The highest BCUT2D eigenvalue weighted by atomic mass is 127. The van der Waals surface area contributed by atoms with E-state index in [0.717, 1.165) is 0 Å². The van der Waals surface area contributed by atoms with Crippen LogP contribution in [-0.2, 0) is 9.59 Å². The highest BCUT2D eigenvalue weighted by Gasteiger charge is 2.57. The molecule has 5 heteroatoms. The maximum Gasteiger partial charge on any atom is 0.156 e. The van der Waals surface area contributed by atoms with Crippen LogP contribution >= 0.6 is 45.2 Å². The molecule has 0 spiro atoms. The Hall–Kier alpha value is 0.760. The third kappa shape index (κ3) is 2.11. The normalized spacial score (nSPS) is 44.3. The van der Waals surface area contributed by atoms with Gasteiger partial charge in [0.25, 0.3) is 0 Å². The van der Waals surface area contributed by atoms with Crippen LogP contribution in [0.4, 0.5) is 0 Å². The number of ketones is 2. The molecule has 0 radical (unpaired) electrons. The molecule has 0 aliphatic heterocycles. The number of aliphatic hydroxyl groups excluding tert-OH is 1. The molecule has 1 aliphatic rings. The minimum Gasteiger partial charge on any atom is -0.393 e. The Morgan fingerprint density at radius 1 is 1.33 bits per heavy atom. The van der Waals surface area contributed by atoms with Crippen molar-refractivity contribution >= 4 is 56.7 Å². The summed E-state index contributed by atoms with van der Waals surface area (Å²) in [4.78, 5) is 24.0. The van der Waals surface area contributed by atoms with Gasteiger partial charge in [-0.05, 0) is 20.8 Å². The Labute approximate surface area is 117 Å². The highest BCUT2D eigenvalue weighted by molar-refractivity contribution is 14.1. The lowest BCUT2D eigenvalue weighted by Gasteiger charge is -2.43. The molecule has 1 rings (SSSR count). The van der Waals surface area contributed by atoms with Crippen molar-refractivity contribution in [3.63, 3.8) is 0 Å². The molecule has 1 saturated carbocycles. The van der Waals surface area contributed by atoms with Crippen molar-refractivity contribution in [2.24, 2.45) is 5.92 Å². The van der Waals surface area contributed by atoms with Gasteiger partial charge in [0, 0.05) is 6.42 Å². The van der Waals surface area contributed by atoms with Crippen LogP contribution in [0.15, 0.2) is 0 Å². The molecule has 15 heavy (non-hydrogen) atoms. The van der Waals surface area contributed by atoms with Crippen molar-refractivity contribution < 1.29 is 14.7 Å². The van der Waals surface area contributed by atoms with Crippen LogP contribution in [0, 0.1) is 5.92 Å². The molecule has 0 aromatic rings. The second-order valence-electron chi connectivity index (χ2n) is 4.34. The first kappa shape index (κ1) is 13.8. The maximum atomic E-state index is 12.1. The van der Waals surface area contributed by atoms with E-state index in [-0.39, 0.29) is 18.0 Å². The second-order valence-corrected chi connectivity index (χ2v) is 8.66. The molecule has 4 atom stereocenters. The highest BCUT2D eigenvalue weighted by Crippen LogP contribution is 2.47. The van der Waals surface area contributed by atoms with Gasteiger partial charge in [0.2, 0.25) is 0 Å². The first-order valence-corrected chi connectivity index (χ1v) is 6.91. The van der Waals surface area contributed by atoms with E-state index in [0.29, 0.717) is 0 Å². The van der Waals surface area contributed by atoms with Gasteiger partial charge in [0.1, 0.15) is 0 Å². The first-order valence-electron chi connectivity index (χ1n) is 4.76. The predicted molar refractivity (Wildman–Crippen MR) is 74.7 cm³/mol. The van der Waals surface area contributed by atoms with Crippen LogP contribution in [0.25, 0.3) is 0 Å². The molecule has 0 bridgehead atoms. The lowest BCUT2D eigenvalue weighted by Crippen LogP contribution is -2.60. The van der Waals surface area contributed by atoms with Gasteiger partial charge in [-0.3, -0.25) is 9.59 Å². The zero-order chi connectivity index (χ0) is 12.0. The molecule has 4 unspecified atom stereocenters. The van der Waals surface area contributed by atoms with Gasteiger partial charge in [-0.1, -0.05) is 45.2 Å². The van der Waals surface area contributed by atoms with E-state index in [1.165, 1.54) is 0 Å². The summed E-state index contributed by atoms with van der Waals surface area (Å²) in [5, 5.41) is 9.49. The SMILES string of the molecule is CC(O)C1CC(=O)C(C)(I)C(C)(I)C1=O. The molecule has 1 N–H and O–H groups in total. The topological polar surface area (TPSA) is 54.4 Å². The lowest BCUT2D eigenvalue weighted by molar-refractivity contribution is -0.139. The monoisotopic (exact) mass is 436 g/mol. The Kier molecular flexibility index (Phi) is 3.88. The fourth-order valence-electron chi connectivity index (χ4n) is 1.72. The quantitative estimate of drug-likeness (QED) is 0.505. The standard InChI is InChI=1S/C10H14I2O3/c1-5(13)6-4-7(14)9(2,11)10(3,12)8(6)15/h5-6,13H,4H2,1-3H3. The number of hydrogen-bond acceptors (Lipinski definition) is 3.